The minimum Gasteiger partial charge on any atom is -0.461 e. The van der Waals surface area contributed by atoms with E-state index in [2.05, 4.69) is 0 Å². The SMILES string of the molecule is Cc1ccc2c(COC(=O)CC34C[C@@H]5C[C@@H](CC(O)(C5)C3)C4)cc(=O)oc2c1C. The zero-order valence-electron chi connectivity index (χ0n) is 17.1. The monoisotopic (exact) mass is 396 g/mol. The van der Waals surface area contributed by atoms with E-state index in [0.717, 1.165) is 48.6 Å². The van der Waals surface area contributed by atoms with Gasteiger partial charge in [-0.05, 0) is 80.8 Å². The van der Waals surface area contributed by atoms with Gasteiger partial charge in [0.2, 0.25) is 0 Å². The Morgan fingerprint density at radius 1 is 1.21 bits per heavy atom. The second-order valence-corrected chi connectivity index (χ2v) is 10.00. The molecule has 4 atom stereocenters. The van der Waals surface area contributed by atoms with Crippen molar-refractivity contribution < 1.29 is 19.1 Å². The number of hydrogen-bond acceptors (Lipinski definition) is 5. The number of carbonyl (C=O) groups excluding carboxylic acids is 1. The summed E-state index contributed by atoms with van der Waals surface area (Å²) in [5.74, 6) is 0.853. The van der Waals surface area contributed by atoms with E-state index >= 15 is 0 Å². The van der Waals surface area contributed by atoms with Gasteiger partial charge in [-0.1, -0.05) is 12.1 Å². The van der Waals surface area contributed by atoms with E-state index in [1.54, 1.807) is 0 Å². The standard InChI is InChI=1S/C24H28O5/c1-14-3-4-19-18(6-20(25)29-22(19)15(14)2)12-28-21(26)11-23-7-16-5-17(8-23)10-24(27,9-16)13-23/h3-4,6,16-17,27H,5,7-13H2,1-2H3/t16-,17+,23?,24?. The number of rotatable bonds is 4. The topological polar surface area (TPSA) is 76.7 Å². The average molecular weight is 396 g/mol. The summed E-state index contributed by atoms with van der Waals surface area (Å²) in [4.78, 5) is 24.8. The van der Waals surface area contributed by atoms with Gasteiger partial charge in [0.1, 0.15) is 12.2 Å². The summed E-state index contributed by atoms with van der Waals surface area (Å²) in [6, 6.07) is 5.31. The number of ether oxygens (including phenoxy) is 1. The first-order valence-corrected chi connectivity index (χ1v) is 10.7. The lowest BCUT2D eigenvalue weighted by molar-refractivity contribution is -0.177. The van der Waals surface area contributed by atoms with Gasteiger partial charge in [-0.3, -0.25) is 4.79 Å². The molecule has 1 aromatic heterocycles. The molecule has 29 heavy (non-hydrogen) atoms. The van der Waals surface area contributed by atoms with E-state index in [-0.39, 0.29) is 18.0 Å². The molecule has 0 saturated heterocycles. The third-order valence-electron chi connectivity index (χ3n) is 7.58. The summed E-state index contributed by atoms with van der Waals surface area (Å²) in [5.41, 5.74) is 2.10. The normalized spacial score (nSPS) is 32.7. The van der Waals surface area contributed by atoms with Gasteiger partial charge in [-0.25, -0.2) is 4.79 Å². The number of aliphatic hydroxyl groups is 1. The van der Waals surface area contributed by atoms with Crippen LogP contribution >= 0.6 is 0 Å². The van der Waals surface area contributed by atoms with Gasteiger partial charge < -0.3 is 14.3 Å². The fourth-order valence-corrected chi connectivity index (χ4v) is 6.77. The summed E-state index contributed by atoms with van der Waals surface area (Å²) in [6.07, 6.45) is 6.12. The maximum Gasteiger partial charge on any atom is 0.336 e. The Morgan fingerprint density at radius 2 is 1.93 bits per heavy atom. The van der Waals surface area contributed by atoms with Gasteiger partial charge in [0, 0.05) is 17.0 Å². The van der Waals surface area contributed by atoms with Crippen LogP contribution in [0.2, 0.25) is 0 Å². The van der Waals surface area contributed by atoms with E-state index in [9.17, 15) is 14.7 Å². The Bertz CT molecular complexity index is 1040. The van der Waals surface area contributed by atoms with Gasteiger partial charge in [0.25, 0.3) is 0 Å². The molecule has 0 aliphatic heterocycles. The van der Waals surface area contributed by atoms with Crippen LogP contribution in [0.5, 0.6) is 0 Å². The van der Waals surface area contributed by atoms with E-state index in [0.29, 0.717) is 29.4 Å². The summed E-state index contributed by atoms with van der Waals surface area (Å²) in [5, 5.41) is 11.7. The van der Waals surface area contributed by atoms with Crippen LogP contribution < -0.4 is 5.63 Å². The molecule has 5 nitrogen and oxygen atoms in total. The zero-order valence-corrected chi connectivity index (χ0v) is 17.1. The van der Waals surface area contributed by atoms with E-state index in [1.807, 2.05) is 26.0 Å². The Kier molecular flexibility index (Phi) is 4.18. The number of fused-ring (bicyclic) bond motifs is 1. The van der Waals surface area contributed by atoms with Crippen LogP contribution in [0, 0.1) is 31.1 Å². The van der Waals surface area contributed by atoms with Crippen molar-refractivity contribution in [3.05, 3.63) is 45.3 Å². The number of aryl methyl sites for hydroxylation is 2. The molecule has 154 valence electrons. The van der Waals surface area contributed by atoms with Crippen LogP contribution in [0.15, 0.2) is 27.4 Å². The van der Waals surface area contributed by atoms with Crippen LogP contribution in [0.1, 0.15) is 61.6 Å². The molecule has 4 aliphatic rings. The highest BCUT2D eigenvalue weighted by molar-refractivity contribution is 5.84. The van der Waals surface area contributed by atoms with Crippen molar-refractivity contribution in [1.29, 1.82) is 0 Å². The van der Waals surface area contributed by atoms with Crippen molar-refractivity contribution in [3.8, 4) is 0 Å². The van der Waals surface area contributed by atoms with Crippen LogP contribution in [0.25, 0.3) is 11.0 Å². The molecular formula is C24H28O5. The van der Waals surface area contributed by atoms with Gasteiger partial charge in [0.15, 0.2) is 0 Å². The van der Waals surface area contributed by atoms with Gasteiger partial charge in [-0.2, -0.15) is 0 Å². The minimum absolute atomic E-state index is 0.0661. The number of hydrogen-bond donors (Lipinski definition) is 1. The molecule has 1 aromatic carbocycles. The lowest BCUT2D eigenvalue weighted by atomic mass is 9.47. The molecule has 5 heteroatoms. The second-order valence-electron chi connectivity index (χ2n) is 10.00. The molecule has 0 radical (unpaired) electrons. The van der Waals surface area contributed by atoms with Crippen molar-refractivity contribution in [2.24, 2.45) is 17.3 Å². The summed E-state index contributed by atoms with van der Waals surface area (Å²) in [7, 11) is 0. The Labute approximate surface area is 170 Å². The first-order chi connectivity index (χ1) is 13.7. The minimum atomic E-state index is -0.575. The van der Waals surface area contributed by atoms with Crippen molar-refractivity contribution in [3.63, 3.8) is 0 Å². The van der Waals surface area contributed by atoms with Gasteiger partial charge in [-0.15, -0.1) is 0 Å². The smallest absolute Gasteiger partial charge is 0.336 e. The van der Waals surface area contributed by atoms with Crippen LogP contribution in [0.3, 0.4) is 0 Å². The molecule has 6 rings (SSSR count). The maximum absolute atomic E-state index is 12.7. The number of esters is 1. The molecule has 4 aliphatic carbocycles. The third kappa shape index (κ3) is 3.29. The van der Waals surface area contributed by atoms with E-state index < -0.39 is 11.2 Å². The predicted octanol–water partition coefficient (Wildman–Crippen LogP) is 4.17. The molecule has 0 amide bonds. The molecule has 4 bridgehead atoms. The highest BCUT2D eigenvalue weighted by atomic mass is 16.5. The lowest BCUT2D eigenvalue weighted by Crippen LogP contribution is -2.56. The third-order valence-corrected chi connectivity index (χ3v) is 7.58. The largest absolute Gasteiger partial charge is 0.461 e. The summed E-state index contributed by atoms with van der Waals surface area (Å²) >= 11 is 0. The fourth-order valence-electron chi connectivity index (χ4n) is 6.77. The Balaban J connectivity index is 1.33. The van der Waals surface area contributed by atoms with E-state index in [1.165, 1.54) is 12.5 Å². The van der Waals surface area contributed by atoms with Crippen LogP contribution in [-0.2, 0) is 16.1 Å². The number of benzene rings is 1. The Morgan fingerprint density at radius 3 is 2.62 bits per heavy atom. The molecular weight excluding hydrogens is 368 g/mol. The van der Waals surface area contributed by atoms with Crippen molar-refractivity contribution in [2.45, 2.75) is 71.0 Å². The molecule has 4 saturated carbocycles. The maximum atomic E-state index is 12.7. The average Bonchev–Trinajstić information content (AvgIpc) is 2.60. The second kappa shape index (κ2) is 6.43. The predicted molar refractivity (Wildman–Crippen MR) is 108 cm³/mol. The molecule has 2 aromatic rings. The molecule has 1 heterocycles. The first kappa shape index (κ1) is 18.9. The summed E-state index contributed by atoms with van der Waals surface area (Å²) < 4.78 is 11.0. The fraction of sp³-hybridized carbons (Fsp3) is 0.583. The lowest BCUT2D eigenvalue weighted by Gasteiger charge is -2.60. The van der Waals surface area contributed by atoms with Crippen molar-refractivity contribution >= 4 is 16.9 Å². The van der Waals surface area contributed by atoms with Crippen molar-refractivity contribution in [2.75, 3.05) is 0 Å². The molecule has 4 fully saturated rings. The molecule has 2 unspecified atom stereocenters. The zero-order chi connectivity index (χ0) is 20.4. The van der Waals surface area contributed by atoms with Crippen molar-refractivity contribution in [1.82, 2.24) is 0 Å². The Hall–Kier alpha value is -2.14. The van der Waals surface area contributed by atoms with Crippen LogP contribution in [0.4, 0.5) is 0 Å². The number of carbonyl (C=O) groups is 1. The van der Waals surface area contributed by atoms with Gasteiger partial charge >= 0.3 is 11.6 Å². The molecule has 0 spiro atoms. The highest BCUT2D eigenvalue weighted by Crippen LogP contribution is 2.62. The first-order valence-electron chi connectivity index (χ1n) is 10.7. The van der Waals surface area contributed by atoms with Crippen LogP contribution in [-0.4, -0.2) is 16.7 Å². The molecule has 1 N–H and O–H groups in total. The quantitative estimate of drug-likeness (QED) is 0.620. The highest BCUT2D eigenvalue weighted by Gasteiger charge is 2.57. The van der Waals surface area contributed by atoms with Gasteiger partial charge in [0.05, 0.1) is 12.0 Å². The summed E-state index contributed by atoms with van der Waals surface area (Å²) in [6.45, 7) is 3.96. The van der Waals surface area contributed by atoms with E-state index in [4.69, 9.17) is 9.15 Å².